The Kier molecular flexibility index (Phi) is 15.8. The fourth-order valence-electron chi connectivity index (χ4n) is 6.19. The summed E-state index contributed by atoms with van der Waals surface area (Å²) in [6.45, 7) is 15.9. The third-order valence-corrected chi connectivity index (χ3v) is 8.87. The van der Waals surface area contributed by atoms with Gasteiger partial charge >= 0.3 is 24.2 Å². The first-order valence-corrected chi connectivity index (χ1v) is 19.6. The SMILES string of the molecule is C1CCOC1.CNCc1cc(NC(=O)OCC(C)c2ccc(C(Nc3ccc4c(N(C(=O)OC(C)(C)C)C(=O)OC(C)(C)C)nccc4c3)C(=O)O)cc2C)cc(F)c1O. The van der Waals surface area contributed by atoms with Gasteiger partial charge in [-0.05, 0) is 121 Å². The maximum Gasteiger partial charge on any atom is 0.425 e. The van der Waals surface area contributed by atoms with Gasteiger partial charge in [0.2, 0.25) is 0 Å². The number of carboxylic acid groups (broad SMARTS) is 1. The lowest BCUT2D eigenvalue weighted by Gasteiger charge is -2.28. The molecule has 0 bridgehead atoms. The van der Waals surface area contributed by atoms with Crippen LogP contribution in [0.15, 0.2) is 60.8 Å². The Morgan fingerprint density at radius 1 is 0.917 bits per heavy atom. The predicted octanol–water partition coefficient (Wildman–Crippen LogP) is 9.17. The van der Waals surface area contributed by atoms with E-state index in [1.54, 1.807) is 91.1 Å². The molecule has 2 atom stereocenters. The van der Waals surface area contributed by atoms with Gasteiger partial charge in [0, 0.05) is 60.3 Å². The topological polar surface area (TPSA) is 198 Å². The Morgan fingerprint density at radius 2 is 1.57 bits per heavy atom. The van der Waals surface area contributed by atoms with Crippen molar-refractivity contribution < 1.29 is 52.7 Å². The lowest BCUT2D eigenvalue weighted by atomic mass is 9.93. The zero-order chi connectivity index (χ0) is 44.4. The molecule has 16 heteroatoms. The smallest absolute Gasteiger partial charge is 0.425 e. The average molecular weight is 834 g/mol. The number of aromatic hydroxyl groups is 1. The number of ether oxygens (including phenoxy) is 4. The van der Waals surface area contributed by atoms with Gasteiger partial charge in [-0.3, -0.25) is 5.32 Å². The van der Waals surface area contributed by atoms with Gasteiger partial charge in [-0.25, -0.2) is 28.6 Å². The Labute approximate surface area is 349 Å². The highest BCUT2D eigenvalue weighted by molar-refractivity contribution is 6.14. The molecule has 1 aliphatic rings. The molecule has 1 aliphatic heterocycles. The van der Waals surface area contributed by atoms with E-state index in [9.17, 15) is 33.8 Å². The standard InChI is InChI=1S/C40H48FN5O9.C4H8O/c1-22-16-25(10-12-29(22)23(2)21-53-36(50)45-28-18-26(20-42-9)33(47)31(41)19-28)32(35(48)49)44-27-11-13-30-24(17-27)14-15-43-34(30)46(37(51)54-39(3,4)5)38(52)55-40(6,7)8;1-2-4-5-3-1/h10-19,23,32,42,44,47H,20-21H2,1-9H3,(H,45,50)(H,48,49);1-4H2. The number of carbonyl (C=O) groups is 4. The Hall–Kier alpha value is -6.00. The first-order valence-electron chi connectivity index (χ1n) is 19.6. The van der Waals surface area contributed by atoms with E-state index in [0.29, 0.717) is 22.0 Å². The van der Waals surface area contributed by atoms with Gasteiger partial charge in [-0.1, -0.05) is 25.1 Å². The number of phenolic OH excluding ortho intramolecular Hbond substituents is 1. The molecule has 1 aromatic heterocycles. The summed E-state index contributed by atoms with van der Waals surface area (Å²) >= 11 is 0. The number of hydrogen-bond donors (Lipinski definition) is 5. The van der Waals surface area contributed by atoms with Crippen LogP contribution in [0.4, 0.5) is 36.0 Å². The second-order valence-corrected chi connectivity index (χ2v) is 16.3. The van der Waals surface area contributed by atoms with Crippen LogP contribution in [0, 0.1) is 12.7 Å². The molecule has 2 unspecified atom stereocenters. The fraction of sp³-hybridized carbons (Fsp3) is 0.432. The molecule has 4 aromatic rings. The first kappa shape index (κ1) is 46.7. The molecular weight excluding hydrogens is 778 g/mol. The number of fused-ring (bicyclic) bond motifs is 1. The highest BCUT2D eigenvalue weighted by Gasteiger charge is 2.35. The summed E-state index contributed by atoms with van der Waals surface area (Å²) in [6.07, 6.45) is 1.23. The van der Waals surface area contributed by atoms with Crippen LogP contribution in [0.5, 0.6) is 5.75 Å². The maximum atomic E-state index is 14.1. The lowest BCUT2D eigenvalue weighted by molar-refractivity contribution is -0.138. The van der Waals surface area contributed by atoms with E-state index in [2.05, 4.69) is 20.9 Å². The quantitative estimate of drug-likeness (QED) is 0.0709. The molecule has 0 saturated carbocycles. The number of amides is 3. The maximum absolute atomic E-state index is 14.1. The third-order valence-electron chi connectivity index (χ3n) is 8.87. The van der Waals surface area contributed by atoms with E-state index in [-0.39, 0.29) is 36.1 Å². The van der Waals surface area contributed by atoms with Crippen molar-refractivity contribution in [3.8, 4) is 5.75 Å². The fourth-order valence-corrected chi connectivity index (χ4v) is 6.19. The number of aliphatic carboxylic acids is 1. The van der Waals surface area contributed by atoms with Crippen LogP contribution in [-0.2, 0) is 30.3 Å². The zero-order valence-corrected chi connectivity index (χ0v) is 35.6. The number of aryl methyl sites for hydroxylation is 1. The van der Waals surface area contributed by atoms with E-state index in [1.807, 2.05) is 13.8 Å². The van der Waals surface area contributed by atoms with Gasteiger partial charge in [-0.15, -0.1) is 0 Å². The van der Waals surface area contributed by atoms with Crippen LogP contribution in [0.3, 0.4) is 0 Å². The van der Waals surface area contributed by atoms with Crippen LogP contribution < -0.4 is 20.9 Å². The van der Waals surface area contributed by atoms with Crippen molar-refractivity contribution in [1.82, 2.24) is 10.3 Å². The largest absolute Gasteiger partial charge is 0.505 e. The van der Waals surface area contributed by atoms with Crippen LogP contribution in [-0.4, -0.2) is 77.5 Å². The molecular formula is C44H56FN5O10. The molecule has 3 amide bonds. The average Bonchev–Trinajstić information content (AvgIpc) is 3.74. The minimum atomic E-state index is -1.16. The molecule has 1 fully saturated rings. The number of carbonyl (C=O) groups excluding carboxylic acids is 3. The summed E-state index contributed by atoms with van der Waals surface area (Å²) in [7, 11) is 1.64. The number of imide groups is 1. The highest BCUT2D eigenvalue weighted by atomic mass is 19.1. The van der Waals surface area contributed by atoms with Gasteiger partial charge < -0.3 is 39.8 Å². The number of benzene rings is 3. The van der Waals surface area contributed by atoms with Crippen molar-refractivity contribution in [2.75, 3.05) is 42.4 Å². The number of hydrogen-bond acceptors (Lipinski definition) is 12. The number of anilines is 3. The van der Waals surface area contributed by atoms with Crippen molar-refractivity contribution in [2.24, 2.45) is 0 Å². The zero-order valence-electron chi connectivity index (χ0n) is 35.6. The molecule has 5 N–H and O–H groups in total. The number of aromatic nitrogens is 1. The van der Waals surface area contributed by atoms with E-state index in [1.165, 1.54) is 25.1 Å². The summed E-state index contributed by atoms with van der Waals surface area (Å²) in [5, 5.41) is 29.5. The summed E-state index contributed by atoms with van der Waals surface area (Å²) < 4.78 is 35.5. The van der Waals surface area contributed by atoms with Crippen LogP contribution in [0.1, 0.15) is 95.5 Å². The van der Waals surface area contributed by atoms with E-state index < -0.39 is 53.1 Å². The number of phenols is 1. The Bertz CT molecular complexity index is 2130. The first-order chi connectivity index (χ1) is 28.2. The number of halogens is 1. The number of carboxylic acids is 1. The molecule has 0 radical (unpaired) electrons. The second-order valence-electron chi connectivity index (χ2n) is 16.3. The van der Waals surface area contributed by atoms with E-state index in [0.717, 1.165) is 35.3 Å². The van der Waals surface area contributed by atoms with Crippen molar-refractivity contribution in [3.63, 3.8) is 0 Å². The van der Waals surface area contributed by atoms with Gasteiger partial charge in [-0.2, -0.15) is 4.90 Å². The summed E-state index contributed by atoms with van der Waals surface area (Å²) in [4.78, 5) is 56.7. The third kappa shape index (κ3) is 13.3. The van der Waals surface area contributed by atoms with E-state index >= 15 is 0 Å². The number of pyridine rings is 1. The van der Waals surface area contributed by atoms with Crippen LogP contribution in [0.25, 0.3) is 10.8 Å². The highest BCUT2D eigenvalue weighted by Crippen LogP contribution is 2.32. The number of nitrogens with zero attached hydrogens (tertiary/aromatic N) is 2. The van der Waals surface area contributed by atoms with Crippen molar-refractivity contribution in [1.29, 1.82) is 0 Å². The lowest BCUT2D eigenvalue weighted by Crippen LogP contribution is -2.44. The van der Waals surface area contributed by atoms with Crippen LogP contribution in [0.2, 0.25) is 0 Å². The molecule has 60 heavy (non-hydrogen) atoms. The number of rotatable bonds is 11. The molecule has 1 saturated heterocycles. The predicted molar refractivity (Wildman–Crippen MR) is 226 cm³/mol. The number of nitrogens with one attached hydrogen (secondary N) is 3. The minimum Gasteiger partial charge on any atom is -0.505 e. The molecule has 0 spiro atoms. The van der Waals surface area contributed by atoms with E-state index in [4.69, 9.17) is 18.9 Å². The molecule has 324 valence electrons. The molecule has 2 heterocycles. The molecule has 0 aliphatic carbocycles. The summed E-state index contributed by atoms with van der Waals surface area (Å²) in [6, 6.07) is 13.0. The van der Waals surface area contributed by atoms with Gasteiger partial charge in [0.1, 0.15) is 11.2 Å². The molecule has 5 rings (SSSR count). The summed E-state index contributed by atoms with van der Waals surface area (Å²) in [5.41, 5.74) is 1.04. The Balaban J connectivity index is 0.00000147. The van der Waals surface area contributed by atoms with Crippen molar-refractivity contribution in [2.45, 2.75) is 97.9 Å². The molecule has 3 aromatic carbocycles. The van der Waals surface area contributed by atoms with Crippen LogP contribution >= 0.6 is 0 Å². The normalized spacial score (nSPS) is 13.6. The van der Waals surface area contributed by atoms with Gasteiger partial charge in [0.25, 0.3) is 0 Å². The minimum absolute atomic E-state index is 0.0166. The van der Waals surface area contributed by atoms with Gasteiger partial charge in [0.15, 0.2) is 23.4 Å². The monoisotopic (exact) mass is 833 g/mol. The van der Waals surface area contributed by atoms with Crippen molar-refractivity contribution >= 4 is 52.2 Å². The Morgan fingerprint density at radius 3 is 2.12 bits per heavy atom. The van der Waals surface area contributed by atoms with Gasteiger partial charge in [0.05, 0.1) is 6.61 Å². The molecule has 15 nitrogen and oxygen atoms in total. The van der Waals surface area contributed by atoms with Crippen molar-refractivity contribution in [3.05, 3.63) is 88.9 Å². The second kappa shape index (κ2) is 20.3. The summed E-state index contributed by atoms with van der Waals surface area (Å²) in [5.74, 6) is -2.82.